The minimum absolute atomic E-state index is 0.680. The summed E-state index contributed by atoms with van der Waals surface area (Å²) in [5, 5.41) is 1.23. The van der Waals surface area contributed by atoms with Crippen LogP contribution in [0.5, 0.6) is 11.5 Å². The highest BCUT2D eigenvalue weighted by molar-refractivity contribution is 5.89. The van der Waals surface area contributed by atoms with Gasteiger partial charge < -0.3 is 14.4 Å². The summed E-state index contributed by atoms with van der Waals surface area (Å²) in [6.45, 7) is 7.80. The molecule has 1 saturated carbocycles. The highest BCUT2D eigenvalue weighted by Gasteiger charge is 2.26. The van der Waals surface area contributed by atoms with Crippen molar-refractivity contribution in [3.63, 3.8) is 0 Å². The fourth-order valence-corrected chi connectivity index (χ4v) is 6.33. The van der Waals surface area contributed by atoms with E-state index in [1.165, 1.54) is 54.3 Å². The van der Waals surface area contributed by atoms with E-state index < -0.39 is 0 Å². The molecular weight excluding hydrogens is 448 g/mol. The molecule has 0 radical (unpaired) electrons. The molecule has 0 N–H and O–H groups in total. The third-order valence-corrected chi connectivity index (χ3v) is 8.23. The van der Waals surface area contributed by atoms with Gasteiger partial charge >= 0.3 is 0 Å². The molecule has 36 heavy (non-hydrogen) atoms. The van der Waals surface area contributed by atoms with Crippen LogP contribution in [0.25, 0.3) is 10.9 Å². The van der Waals surface area contributed by atoms with Crippen molar-refractivity contribution in [1.29, 1.82) is 0 Å². The summed E-state index contributed by atoms with van der Waals surface area (Å²) in [4.78, 5) is 12.3. The number of methoxy groups -OCH3 is 1. The van der Waals surface area contributed by atoms with Gasteiger partial charge in [0.25, 0.3) is 0 Å². The molecule has 2 aromatic carbocycles. The minimum Gasteiger partial charge on any atom is -0.495 e. The molecule has 190 valence electrons. The van der Waals surface area contributed by atoms with Crippen molar-refractivity contribution in [1.82, 2.24) is 14.8 Å². The van der Waals surface area contributed by atoms with Crippen LogP contribution in [-0.2, 0) is 13.1 Å². The predicted octanol–water partition coefficient (Wildman–Crippen LogP) is 5.30. The lowest BCUT2D eigenvalue weighted by Crippen LogP contribution is -2.46. The van der Waals surface area contributed by atoms with E-state index in [4.69, 9.17) is 14.5 Å². The number of anilines is 1. The number of para-hydroxylation sites is 2. The Labute approximate surface area is 214 Å². The highest BCUT2D eigenvalue weighted by atomic mass is 16.5. The Hall–Kier alpha value is -2.83. The van der Waals surface area contributed by atoms with Crippen molar-refractivity contribution in [3.8, 4) is 11.5 Å². The number of rotatable bonds is 6. The van der Waals surface area contributed by atoms with Crippen LogP contribution in [-0.4, -0.2) is 61.3 Å². The number of fused-ring (bicyclic) bond motifs is 3. The smallest absolute Gasteiger partial charge is 0.152 e. The van der Waals surface area contributed by atoms with E-state index in [1.54, 1.807) is 7.11 Å². The van der Waals surface area contributed by atoms with Crippen LogP contribution < -0.4 is 14.4 Å². The van der Waals surface area contributed by atoms with E-state index in [-0.39, 0.29) is 0 Å². The first-order valence-electron chi connectivity index (χ1n) is 13.6. The first kappa shape index (κ1) is 23.6. The first-order chi connectivity index (χ1) is 17.8. The summed E-state index contributed by atoms with van der Waals surface area (Å²) in [6.07, 6.45) is 8.82. The largest absolute Gasteiger partial charge is 0.495 e. The second-order valence-corrected chi connectivity index (χ2v) is 10.6. The molecule has 1 aromatic heterocycles. The Balaban J connectivity index is 1.18. The fraction of sp³-hybridized carbons (Fsp3) is 0.500. The van der Waals surface area contributed by atoms with E-state index >= 15 is 0 Å². The zero-order valence-electron chi connectivity index (χ0n) is 21.5. The maximum Gasteiger partial charge on any atom is 0.152 e. The van der Waals surface area contributed by atoms with E-state index in [0.717, 1.165) is 68.7 Å². The van der Waals surface area contributed by atoms with Crippen LogP contribution in [0.15, 0.2) is 48.7 Å². The van der Waals surface area contributed by atoms with Gasteiger partial charge in [0.15, 0.2) is 5.75 Å². The van der Waals surface area contributed by atoms with Gasteiger partial charge in [0.2, 0.25) is 0 Å². The van der Waals surface area contributed by atoms with Crippen LogP contribution >= 0.6 is 0 Å². The average Bonchev–Trinajstić information content (AvgIpc) is 2.94. The lowest BCUT2D eigenvalue weighted by Gasteiger charge is -2.37. The van der Waals surface area contributed by atoms with Gasteiger partial charge in [-0.15, -0.1) is 0 Å². The molecule has 2 fully saturated rings. The molecule has 6 nitrogen and oxygen atoms in total. The molecule has 3 aromatic rings. The van der Waals surface area contributed by atoms with Crippen molar-refractivity contribution in [2.45, 2.75) is 45.2 Å². The molecular formula is C30H38N4O2. The molecule has 0 unspecified atom stereocenters. The van der Waals surface area contributed by atoms with Crippen LogP contribution in [0.4, 0.5) is 5.69 Å². The first-order valence-corrected chi connectivity index (χ1v) is 13.6. The number of pyridine rings is 1. The summed E-state index contributed by atoms with van der Waals surface area (Å²) in [7, 11) is 1.75. The number of nitrogens with zero attached hydrogens (tertiary/aromatic N) is 4. The Morgan fingerprint density at radius 3 is 2.64 bits per heavy atom. The van der Waals surface area contributed by atoms with Crippen molar-refractivity contribution in [3.05, 3.63) is 59.8 Å². The van der Waals surface area contributed by atoms with Crippen LogP contribution in [0.1, 0.15) is 43.2 Å². The number of hydrogen-bond donors (Lipinski definition) is 0. The van der Waals surface area contributed by atoms with E-state index in [9.17, 15) is 0 Å². The molecule has 0 spiro atoms. The van der Waals surface area contributed by atoms with Gasteiger partial charge in [0, 0.05) is 63.0 Å². The molecule has 3 heterocycles. The number of benzene rings is 2. The van der Waals surface area contributed by atoms with E-state index in [1.807, 2.05) is 18.3 Å². The molecule has 1 saturated heterocycles. The van der Waals surface area contributed by atoms with Gasteiger partial charge in [-0.3, -0.25) is 14.8 Å². The summed E-state index contributed by atoms with van der Waals surface area (Å²) < 4.78 is 12.0. The minimum atomic E-state index is 0.680. The summed E-state index contributed by atoms with van der Waals surface area (Å²) in [5.74, 6) is 2.77. The molecule has 3 aliphatic rings. The second kappa shape index (κ2) is 10.7. The molecule has 0 atom stereocenters. The van der Waals surface area contributed by atoms with Crippen LogP contribution in [0.3, 0.4) is 0 Å². The highest BCUT2D eigenvalue weighted by Crippen LogP contribution is 2.36. The summed E-state index contributed by atoms with van der Waals surface area (Å²) >= 11 is 0. The number of aromatic nitrogens is 1. The van der Waals surface area contributed by atoms with Crippen molar-refractivity contribution in [2.75, 3.05) is 51.5 Å². The van der Waals surface area contributed by atoms with Gasteiger partial charge in [0.1, 0.15) is 18.0 Å². The number of piperazine rings is 1. The van der Waals surface area contributed by atoms with Crippen LogP contribution in [0, 0.1) is 5.92 Å². The lowest BCUT2D eigenvalue weighted by atomic mass is 9.89. The molecule has 0 bridgehead atoms. The topological polar surface area (TPSA) is 41.1 Å². The second-order valence-electron chi connectivity index (χ2n) is 10.6. The molecule has 6 rings (SSSR count). The van der Waals surface area contributed by atoms with Gasteiger partial charge in [-0.05, 0) is 48.6 Å². The standard InChI is InChI=1S/C30H38N4O2/c1-35-28-12-6-5-11-27(28)34-16-14-32(15-17-34)20-24-18-25-21-33(19-23-8-3-2-4-9-23)22-36-30(25)29-26(24)10-7-13-31-29/h5-7,10-13,18,23H,2-4,8-9,14-17,19-22H2,1H3. The zero-order valence-corrected chi connectivity index (χ0v) is 21.5. The van der Waals surface area contributed by atoms with Gasteiger partial charge in [0.05, 0.1) is 12.8 Å². The Morgan fingerprint density at radius 1 is 0.972 bits per heavy atom. The Kier molecular flexibility index (Phi) is 6.97. The normalized spacial score (nSPS) is 19.8. The molecule has 1 aliphatic carbocycles. The molecule has 0 amide bonds. The SMILES string of the molecule is COc1ccccc1N1CCN(Cc2cc3c(c4ncccc24)OCN(CC2CCCCC2)C3)CC1. The fourth-order valence-electron chi connectivity index (χ4n) is 6.33. The number of ether oxygens (including phenoxy) is 2. The Bertz CT molecular complexity index is 1180. The van der Waals surface area contributed by atoms with E-state index in [2.05, 4.69) is 45.0 Å². The van der Waals surface area contributed by atoms with Gasteiger partial charge in [-0.25, -0.2) is 0 Å². The maximum atomic E-state index is 6.35. The average molecular weight is 487 g/mol. The third kappa shape index (κ3) is 4.89. The summed E-state index contributed by atoms with van der Waals surface area (Å²) in [5.41, 5.74) is 4.88. The quantitative estimate of drug-likeness (QED) is 0.471. The van der Waals surface area contributed by atoms with Gasteiger partial charge in [-0.2, -0.15) is 0 Å². The van der Waals surface area contributed by atoms with Crippen molar-refractivity contribution >= 4 is 16.6 Å². The van der Waals surface area contributed by atoms with E-state index in [0.29, 0.717) is 6.73 Å². The van der Waals surface area contributed by atoms with Gasteiger partial charge in [-0.1, -0.05) is 37.5 Å². The predicted molar refractivity (Wildman–Crippen MR) is 145 cm³/mol. The summed E-state index contributed by atoms with van der Waals surface area (Å²) in [6, 6.07) is 15.0. The lowest BCUT2D eigenvalue weighted by molar-refractivity contribution is 0.0740. The molecule has 6 heteroatoms. The van der Waals surface area contributed by atoms with Crippen molar-refractivity contribution < 1.29 is 9.47 Å². The van der Waals surface area contributed by atoms with Crippen molar-refractivity contribution in [2.24, 2.45) is 5.92 Å². The van der Waals surface area contributed by atoms with Crippen LogP contribution in [0.2, 0.25) is 0 Å². The monoisotopic (exact) mass is 486 g/mol. The maximum absolute atomic E-state index is 6.35. The number of hydrogen-bond acceptors (Lipinski definition) is 6. The molecule has 2 aliphatic heterocycles. The Morgan fingerprint density at radius 2 is 1.81 bits per heavy atom. The zero-order chi connectivity index (χ0) is 24.3. The third-order valence-electron chi connectivity index (χ3n) is 8.23.